The molecular weight excluding hydrogens is 415 g/mol. The summed E-state index contributed by atoms with van der Waals surface area (Å²) in [5.41, 5.74) is 0. The van der Waals surface area contributed by atoms with Crippen LogP contribution in [0.5, 0.6) is 0 Å². The van der Waals surface area contributed by atoms with E-state index in [4.69, 9.17) is 0 Å². The number of likely N-dealkylation sites (tertiary alicyclic amines) is 1. The minimum Gasteiger partial charge on any atom is -0.356 e. The number of carbonyl (C=O) groups is 1. The fourth-order valence-electron chi connectivity index (χ4n) is 3.56. The van der Waals surface area contributed by atoms with Crippen molar-refractivity contribution >= 4 is 35.8 Å². The van der Waals surface area contributed by atoms with Crippen LogP contribution in [-0.2, 0) is 4.79 Å². The fourth-order valence-corrected chi connectivity index (χ4v) is 3.56. The van der Waals surface area contributed by atoms with Gasteiger partial charge < -0.3 is 15.1 Å². The number of piperidine rings is 1. The molecule has 1 saturated carbocycles. The van der Waals surface area contributed by atoms with Crippen LogP contribution in [0.4, 0.5) is 0 Å². The Morgan fingerprint density at radius 1 is 1.17 bits per heavy atom. The van der Waals surface area contributed by atoms with Gasteiger partial charge in [0.25, 0.3) is 0 Å². The molecule has 1 aliphatic carbocycles. The van der Waals surface area contributed by atoms with Crippen molar-refractivity contribution in [3.63, 3.8) is 0 Å². The number of rotatable bonds is 4. The van der Waals surface area contributed by atoms with Crippen molar-refractivity contribution < 1.29 is 4.79 Å². The Bertz CT molecular complexity index is 408. The molecule has 1 aliphatic heterocycles. The normalized spacial score (nSPS) is 22.7. The van der Waals surface area contributed by atoms with Crippen molar-refractivity contribution in [1.29, 1.82) is 0 Å². The zero-order valence-electron chi connectivity index (χ0n) is 15.6. The molecule has 140 valence electrons. The Labute approximate surface area is 164 Å². The van der Waals surface area contributed by atoms with Gasteiger partial charge in [0.1, 0.15) is 6.54 Å². The average Bonchev–Trinajstić information content (AvgIpc) is 2.55. The average molecular weight is 450 g/mol. The molecule has 1 saturated heterocycles. The molecular formula is C18H35IN4O. The second-order valence-electron chi connectivity index (χ2n) is 7.51. The van der Waals surface area contributed by atoms with Crippen molar-refractivity contribution in [1.82, 2.24) is 15.1 Å². The first-order valence-electron chi connectivity index (χ1n) is 9.29. The Morgan fingerprint density at radius 3 is 2.50 bits per heavy atom. The van der Waals surface area contributed by atoms with Crippen LogP contribution in [0.25, 0.3) is 0 Å². The van der Waals surface area contributed by atoms with Crippen molar-refractivity contribution in [3.8, 4) is 0 Å². The zero-order valence-corrected chi connectivity index (χ0v) is 17.9. The Balaban J connectivity index is 0.00000288. The van der Waals surface area contributed by atoms with E-state index >= 15 is 0 Å². The van der Waals surface area contributed by atoms with Gasteiger partial charge in [0.05, 0.1) is 0 Å². The van der Waals surface area contributed by atoms with Crippen LogP contribution < -0.4 is 5.32 Å². The van der Waals surface area contributed by atoms with Gasteiger partial charge in [-0.2, -0.15) is 0 Å². The molecule has 0 bridgehead atoms. The number of guanidine groups is 1. The van der Waals surface area contributed by atoms with Gasteiger partial charge in [-0.15, -0.1) is 24.0 Å². The summed E-state index contributed by atoms with van der Waals surface area (Å²) in [5.74, 6) is 2.47. The van der Waals surface area contributed by atoms with Crippen LogP contribution in [0.3, 0.4) is 0 Å². The first-order valence-corrected chi connectivity index (χ1v) is 9.29. The van der Waals surface area contributed by atoms with E-state index < -0.39 is 0 Å². The van der Waals surface area contributed by atoms with E-state index in [-0.39, 0.29) is 36.4 Å². The first-order chi connectivity index (χ1) is 11.1. The summed E-state index contributed by atoms with van der Waals surface area (Å²) in [6, 6.07) is 0. The van der Waals surface area contributed by atoms with E-state index in [1.54, 1.807) is 19.0 Å². The summed E-state index contributed by atoms with van der Waals surface area (Å²) < 4.78 is 0. The Morgan fingerprint density at radius 2 is 1.88 bits per heavy atom. The van der Waals surface area contributed by atoms with E-state index in [1.807, 2.05) is 0 Å². The van der Waals surface area contributed by atoms with Crippen LogP contribution in [0.1, 0.15) is 51.9 Å². The van der Waals surface area contributed by atoms with Crippen LogP contribution in [0.2, 0.25) is 0 Å². The highest BCUT2D eigenvalue weighted by Crippen LogP contribution is 2.23. The molecule has 2 rings (SSSR count). The van der Waals surface area contributed by atoms with Crippen molar-refractivity contribution in [3.05, 3.63) is 0 Å². The highest BCUT2D eigenvalue weighted by molar-refractivity contribution is 14.0. The standard InChI is InChI=1S/C18H34N4O.HI/c1-15-8-7-11-22(14-15)18(20-13-17(23)21(2)3)19-12-16-9-5-4-6-10-16;/h15-16H,4-14H2,1-3H3,(H,19,20);1H. The largest absolute Gasteiger partial charge is 0.356 e. The van der Waals surface area contributed by atoms with E-state index in [9.17, 15) is 4.79 Å². The maximum Gasteiger partial charge on any atom is 0.243 e. The molecule has 0 aromatic carbocycles. The number of amides is 1. The molecule has 1 atom stereocenters. The second-order valence-corrected chi connectivity index (χ2v) is 7.51. The molecule has 6 heteroatoms. The summed E-state index contributed by atoms with van der Waals surface area (Å²) in [6.45, 7) is 5.64. The highest BCUT2D eigenvalue weighted by atomic mass is 127. The Kier molecular flexibility index (Phi) is 10.0. The summed E-state index contributed by atoms with van der Waals surface area (Å²) in [4.78, 5) is 20.5. The summed E-state index contributed by atoms with van der Waals surface area (Å²) in [6.07, 6.45) is 9.27. The lowest BCUT2D eigenvalue weighted by atomic mass is 9.89. The van der Waals surface area contributed by atoms with Crippen LogP contribution in [0, 0.1) is 11.8 Å². The molecule has 24 heavy (non-hydrogen) atoms. The molecule has 1 heterocycles. The number of nitrogens with zero attached hydrogens (tertiary/aromatic N) is 3. The topological polar surface area (TPSA) is 47.9 Å². The lowest BCUT2D eigenvalue weighted by Crippen LogP contribution is -2.48. The number of carbonyl (C=O) groups excluding carboxylic acids is 1. The van der Waals surface area contributed by atoms with Gasteiger partial charge in [-0.25, -0.2) is 4.99 Å². The van der Waals surface area contributed by atoms with E-state index in [1.165, 1.54) is 44.9 Å². The summed E-state index contributed by atoms with van der Waals surface area (Å²) in [7, 11) is 3.58. The molecule has 2 aliphatic rings. The predicted molar refractivity (Wildman–Crippen MR) is 111 cm³/mol. The fraction of sp³-hybridized carbons (Fsp3) is 0.889. The molecule has 1 amide bonds. The van der Waals surface area contributed by atoms with Crippen LogP contribution >= 0.6 is 24.0 Å². The third-order valence-corrected chi connectivity index (χ3v) is 5.09. The van der Waals surface area contributed by atoms with Crippen LogP contribution in [-0.4, -0.2) is 61.9 Å². The molecule has 0 aromatic heterocycles. The third-order valence-electron chi connectivity index (χ3n) is 5.09. The summed E-state index contributed by atoms with van der Waals surface area (Å²) in [5, 5.41) is 3.58. The smallest absolute Gasteiger partial charge is 0.243 e. The van der Waals surface area contributed by atoms with Gasteiger partial charge in [-0.05, 0) is 37.5 Å². The molecule has 2 fully saturated rings. The Hall–Kier alpha value is -0.530. The number of nitrogens with one attached hydrogen (secondary N) is 1. The molecule has 1 unspecified atom stereocenters. The third kappa shape index (κ3) is 7.15. The van der Waals surface area contributed by atoms with E-state index in [2.05, 4.69) is 22.1 Å². The highest BCUT2D eigenvalue weighted by Gasteiger charge is 2.21. The maximum atomic E-state index is 11.9. The van der Waals surface area contributed by atoms with Gasteiger partial charge in [0.15, 0.2) is 5.96 Å². The minimum absolute atomic E-state index is 0. The zero-order chi connectivity index (χ0) is 16.7. The van der Waals surface area contributed by atoms with Gasteiger partial charge >= 0.3 is 0 Å². The number of hydrogen-bond donors (Lipinski definition) is 1. The van der Waals surface area contributed by atoms with Gasteiger partial charge in [0, 0.05) is 33.7 Å². The number of halogens is 1. The second kappa shape index (κ2) is 11.2. The quantitative estimate of drug-likeness (QED) is 0.407. The molecule has 1 N–H and O–H groups in total. The van der Waals surface area contributed by atoms with Gasteiger partial charge in [-0.1, -0.05) is 26.2 Å². The molecule has 0 spiro atoms. The maximum absolute atomic E-state index is 11.9. The van der Waals surface area contributed by atoms with Crippen molar-refractivity contribution in [2.45, 2.75) is 51.9 Å². The van der Waals surface area contributed by atoms with Crippen LogP contribution in [0.15, 0.2) is 4.99 Å². The minimum atomic E-state index is 0. The number of hydrogen-bond acceptors (Lipinski definition) is 2. The molecule has 0 radical (unpaired) electrons. The lowest BCUT2D eigenvalue weighted by molar-refractivity contribution is -0.127. The predicted octanol–water partition coefficient (Wildman–Crippen LogP) is 2.95. The van der Waals surface area contributed by atoms with E-state index in [0.29, 0.717) is 5.92 Å². The summed E-state index contributed by atoms with van der Waals surface area (Å²) >= 11 is 0. The molecule has 0 aromatic rings. The lowest BCUT2D eigenvalue weighted by Gasteiger charge is -2.34. The number of aliphatic imine (C=N–C) groups is 1. The van der Waals surface area contributed by atoms with Crippen molar-refractivity contribution in [2.24, 2.45) is 16.8 Å². The van der Waals surface area contributed by atoms with Crippen molar-refractivity contribution in [2.75, 3.05) is 40.3 Å². The molecule has 5 nitrogen and oxygen atoms in total. The first kappa shape index (κ1) is 21.5. The van der Waals surface area contributed by atoms with Gasteiger partial charge in [0.2, 0.25) is 5.91 Å². The van der Waals surface area contributed by atoms with E-state index in [0.717, 1.165) is 31.5 Å². The van der Waals surface area contributed by atoms with Gasteiger partial charge in [-0.3, -0.25) is 4.79 Å². The monoisotopic (exact) mass is 450 g/mol. The number of likely N-dealkylation sites (N-methyl/N-ethyl adjacent to an activating group) is 1. The SMILES string of the molecule is CC1CCCN(C(=NCC(=O)N(C)C)NCC2CCCCC2)C1.I.